The Labute approximate surface area is 130 Å². The van der Waals surface area contributed by atoms with Crippen molar-refractivity contribution in [2.75, 3.05) is 6.54 Å². The first-order valence-electron chi connectivity index (χ1n) is 7.77. The summed E-state index contributed by atoms with van der Waals surface area (Å²) in [6, 6.07) is 9.63. The second kappa shape index (κ2) is 7.02. The fourth-order valence-corrected chi connectivity index (χ4v) is 2.63. The van der Waals surface area contributed by atoms with E-state index in [0.717, 1.165) is 12.1 Å². The summed E-state index contributed by atoms with van der Waals surface area (Å²) in [4.78, 5) is 12.1. The highest BCUT2D eigenvalue weighted by molar-refractivity contribution is 5.91. The second-order valence-electron chi connectivity index (χ2n) is 5.50. The molecular weight excluding hydrogens is 276 g/mol. The summed E-state index contributed by atoms with van der Waals surface area (Å²) in [7, 11) is 0. The number of hydrogen-bond acceptors (Lipinski definition) is 3. The standard InChI is InChI=1S/C17H20N4O/c22-17(18-12-11-14-7-3-1-4-8-14)16-13-21(20-19-16)15-9-5-2-6-10-15/h2,5-7,9-10,13H,1,3-4,8,11-12H2,(H,18,22). The van der Waals surface area contributed by atoms with E-state index in [9.17, 15) is 4.79 Å². The van der Waals surface area contributed by atoms with Gasteiger partial charge in [-0.2, -0.15) is 0 Å². The van der Waals surface area contributed by atoms with Crippen LogP contribution in [0.15, 0.2) is 48.2 Å². The Morgan fingerprint density at radius 3 is 2.86 bits per heavy atom. The fourth-order valence-electron chi connectivity index (χ4n) is 2.63. The van der Waals surface area contributed by atoms with E-state index in [1.807, 2.05) is 30.3 Å². The zero-order valence-corrected chi connectivity index (χ0v) is 12.5. The third kappa shape index (κ3) is 3.61. The summed E-state index contributed by atoms with van der Waals surface area (Å²) in [5.74, 6) is -0.168. The van der Waals surface area contributed by atoms with Gasteiger partial charge in [0.25, 0.3) is 5.91 Å². The molecule has 0 atom stereocenters. The number of carbonyl (C=O) groups is 1. The number of allylic oxidation sites excluding steroid dienone is 1. The molecule has 1 aromatic carbocycles. The summed E-state index contributed by atoms with van der Waals surface area (Å²) < 4.78 is 1.61. The van der Waals surface area contributed by atoms with Crippen molar-refractivity contribution in [3.05, 3.63) is 53.9 Å². The minimum absolute atomic E-state index is 0.168. The van der Waals surface area contributed by atoms with Crippen LogP contribution in [0.1, 0.15) is 42.6 Å². The number of para-hydroxylation sites is 1. The number of nitrogens with one attached hydrogen (secondary N) is 1. The van der Waals surface area contributed by atoms with Crippen LogP contribution >= 0.6 is 0 Å². The SMILES string of the molecule is O=C(NCCC1=CCCCC1)c1cn(-c2ccccc2)nn1. The number of hydrogen-bond donors (Lipinski definition) is 1. The molecule has 22 heavy (non-hydrogen) atoms. The second-order valence-corrected chi connectivity index (χ2v) is 5.50. The number of aromatic nitrogens is 3. The highest BCUT2D eigenvalue weighted by Crippen LogP contribution is 2.19. The molecule has 0 saturated heterocycles. The van der Waals surface area contributed by atoms with E-state index in [1.54, 1.807) is 10.9 Å². The summed E-state index contributed by atoms with van der Waals surface area (Å²) in [5.41, 5.74) is 2.70. The summed E-state index contributed by atoms with van der Waals surface area (Å²) in [6.45, 7) is 0.656. The van der Waals surface area contributed by atoms with Gasteiger partial charge < -0.3 is 5.32 Å². The highest BCUT2D eigenvalue weighted by atomic mass is 16.2. The van der Waals surface area contributed by atoms with Gasteiger partial charge in [-0.25, -0.2) is 4.68 Å². The van der Waals surface area contributed by atoms with E-state index < -0.39 is 0 Å². The van der Waals surface area contributed by atoms with Crippen LogP contribution in [0.2, 0.25) is 0 Å². The maximum absolute atomic E-state index is 12.1. The Hall–Kier alpha value is -2.43. The van der Waals surface area contributed by atoms with Gasteiger partial charge in [-0.05, 0) is 44.2 Å². The highest BCUT2D eigenvalue weighted by Gasteiger charge is 2.11. The average Bonchev–Trinajstić information content (AvgIpc) is 3.07. The lowest BCUT2D eigenvalue weighted by Gasteiger charge is -2.12. The van der Waals surface area contributed by atoms with Crippen LogP contribution in [0.25, 0.3) is 5.69 Å². The van der Waals surface area contributed by atoms with Crippen molar-refractivity contribution in [3.63, 3.8) is 0 Å². The molecule has 0 bridgehead atoms. The average molecular weight is 296 g/mol. The Balaban J connectivity index is 1.54. The van der Waals surface area contributed by atoms with E-state index in [1.165, 1.54) is 31.3 Å². The Morgan fingerprint density at radius 2 is 2.09 bits per heavy atom. The number of nitrogens with zero attached hydrogens (tertiary/aromatic N) is 3. The molecule has 0 spiro atoms. The smallest absolute Gasteiger partial charge is 0.273 e. The molecule has 1 aromatic heterocycles. The monoisotopic (exact) mass is 296 g/mol. The van der Waals surface area contributed by atoms with Crippen LogP contribution in [0.4, 0.5) is 0 Å². The lowest BCUT2D eigenvalue weighted by Crippen LogP contribution is -2.25. The zero-order valence-electron chi connectivity index (χ0n) is 12.5. The van der Waals surface area contributed by atoms with Gasteiger partial charge >= 0.3 is 0 Å². The van der Waals surface area contributed by atoms with Gasteiger partial charge in [0, 0.05) is 6.54 Å². The van der Waals surface area contributed by atoms with Gasteiger partial charge in [-0.3, -0.25) is 4.79 Å². The van der Waals surface area contributed by atoms with Crippen LogP contribution < -0.4 is 5.32 Å². The quantitative estimate of drug-likeness (QED) is 0.863. The zero-order chi connectivity index (χ0) is 15.2. The molecule has 1 aliphatic rings. The van der Waals surface area contributed by atoms with Gasteiger partial charge in [0.2, 0.25) is 0 Å². The van der Waals surface area contributed by atoms with Crippen LogP contribution in [-0.2, 0) is 0 Å². The molecule has 1 N–H and O–H groups in total. The Morgan fingerprint density at radius 1 is 1.23 bits per heavy atom. The van der Waals surface area contributed by atoms with E-state index in [0.29, 0.717) is 12.2 Å². The Kier molecular flexibility index (Phi) is 4.63. The molecule has 1 aliphatic carbocycles. The minimum atomic E-state index is -0.168. The molecule has 1 heterocycles. The van der Waals surface area contributed by atoms with Gasteiger partial charge in [-0.1, -0.05) is 35.1 Å². The van der Waals surface area contributed by atoms with E-state index in [4.69, 9.17) is 0 Å². The molecule has 0 fully saturated rings. The molecule has 3 rings (SSSR count). The molecule has 0 radical (unpaired) electrons. The number of rotatable bonds is 5. The molecule has 0 unspecified atom stereocenters. The predicted octanol–water partition coefficient (Wildman–Crippen LogP) is 2.89. The number of carbonyl (C=O) groups excluding carboxylic acids is 1. The summed E-state index contributed by atoms with van der Waals surface area (Å²) in [5, 5.41) is 10.9. The third-order valence-electron chi connectivity index (χ3n) is 3.86. The van der Waals surface area contributed by atoms with Crippen LogP contribution in [0.5, 0.6) is 0 Å². The molecule has 2 aromatic rings. The van der Waals surface area contributed by atoms with Crippen molar-refractivity contribution in [1.29, 1.82) is 0 Å². The van der Waals surface area contributed by atoms with Crippen molar-refractivity contribution in [2.24, 2.45) is 0 Å². The van der Waals surface area contributed by atoms with Crippen LogP contribution in [0, 0.1) is 0 Å². The fraction of sp³-hybridized carbons (Fsp3) is 0.353. The molecule has 5 nitrogen and oxygen atoms in total. The van der Waals surface area contributed by atoms with E-state index >= 15 is 0 Å². The summed E-state index contributed by atoms with van der Waals surface area (Å²) in [6.07, 6.45) is 9.79. The van der Waals surface area contributed by atoms with Crippen LogP contribution in [-0.4, -0.2) is 27.4 Å². The largest absolute Gasteiger partial charge is 0.350 e. The minimum Gasteiger partial charge on any atom is -0.350 e. The van der Waals surface area contributed by atoms with Gasteiger partial charge in [0.15, 0.2) is 5.69 Å². The third-order valence-corrected chi connectivity index (χ3v) is 3.86. The maximum Gasteiger partial charge on any atom is 0.273 e. The van der Waals surface area contributed by atoms with Crippen molar-refractivity contribution >= 4 is 5.91 Å². The first kappa shape index (κ1) is 14.5. The van der Waals surface area contributed by atoms with Gasteiger partial charge in [0.1, 0.15) is 0 Å². The Bertz CT molecular complexity index is 660. The molecule has 5 heteroatoms. The predicted molar refractivity (Wildman–Crippen MR) is 84.9 cm³/mol. The van der Waals surface area contributed by atoms with Crippen molar-refractivity contribution in [3.8, 4) is 5.69 Å². The maximum atomic E-state index is 12.1. The molecule has 0 saturated carbocycles. The van der Waals surface area contributed by atoms with Gasteiger partial charge in [-0.15, -0.1) is 5.10 Å². The number of benzene rings is 1. The first-order valence-corrected chi connectivity index (χ1v) is 7.77. The molecular formula is C17H20N4O. The first-order chi connectivity index (χ1) is 10.8. The topological polar surface area (TPSA) is 59.8 Å². The normalized spacial score (nSPS) is 14.5. The summed E-state index contributed by atoms with van der Waals surface area (Å²) >= 11 is 0. The van der Waals surface area contributed by atoms with Crippen molar-refractivity contribution in [2.45, 2.75) is 32.1 Å². The van der Waals surface area contributed by atoms with Gasteiger partial charge in [0.05, 0.1) is 11.9 Å². The van der Waals surface area contributed by atoms with E-state index in [2.05, 4.69) is 21.7 Å². The van der Waals surface area contributed by atoms with E-state index in [-0.39, 0.29) is 5.91 Å². The van der Waals surface area contributed by atoms with Crippen LogP contribution in [0.3, 0.4) is 0 Å². The molecule has 1 amide bonds. The van der Waals surface area contributed by atoms with Crippen molar-refractivity contribution < 1.29 is 4.79 Å². The molecule has 0 aliphatic heterocycles. The van der Waals surface area contributed by atoms with Crippen molar-refractivity contribution in [1.82, 2.24) is 20.3 Å². The molecule has 114 valence electrons. The lowest BCUT2D eigenvalue weighted by molar-refractivity contribution is 0.0949. The number of amides is 1. The lowest BCUT2D eigenvalue weighted by atomic mass is 9.97.